The molecule has 2 aliphatic carbocycles. The smallest absolute Gasteiger partial charge is 0.140 e. The van der Waals surface area contributed by atoms with Gasteiger partial charge in [-0.1, -0.05) is 196 Å². The van der Waals surface area contributed by atoms with Crippen molar-refractivity contribution < 1.29 is 4.74 Å². The summed E-state index contributed by atoms with van der Waals surface area (Å²) in [5, 5.41) is 4.56. The average Bonchev–Trinajstić information content (AvgIpc) is 3.75. The molecule has 0 saturated carbocycles. The van der Waals surface area contributed by atoms with Gasteiger partial charge in [0.05, 0.1) is 11.1 Å². The molecule has 1 aliphatic heterocycles. The summed E-state index contributed by atoms with van der Waals surface area (Å²) >= 11 is 0. The first-order chi connectivity index (χ1) is 30.5. The third-order valence-corrected chi connectivity index (χ3v) is 14.1. The first-order valence-electron chi connectivity index (χ1n) is 21.7. The Morgan fingerprint density at radius 1 is 0.371 bits per heavy atom. The van der Waals surface area contributed by atoms with E-state index in [1.165, 1.54) is 61.3 Å². The Morgan fingerprint density at radius 2 is 0.919 bits per heavy atom. The number of ether oxygens (including phenoxy) is 1. The largest absolute Gasteiger partial charge is 0.455 e. The van der Waals surface area contributed by atoms with E-state index in [1.807, 2.05) is 0 Å². The summed E-state index contributed by atoms with van der Waals surface area (Å²) in [4.78, 5) is 2.50. The molecular weight excluding hydrogens is 751 g/mol. The van der Waals surface area contributed by atoms with Crippen LogP contribution in [-0.2, 0) is 10.8 Å². The van der Waals surface area contributed by atoms with E-state index in [2.05, 4.69) is 231 Å². The number of hydrogen-bond donors (Lipinski definition) is 0. The second kappa shape index (κ2) is 12.9. The molecule has 0 fully saturated rings. The van der Waals surface area contributed by atoms with E-state index >= 15 is 0 Å². The number of anilines is 3. The van der Waals surface area contributed by atoms with Crippen LogP contribution in [0.15, 0.2) is 212 Å². The van der Waals surface area contributed by atoms with Crippen LogP contribution in [0.4, 0.5) is 17.1 Å². The normalized spacial score (nSPS) is 14.4. The molecule has 2 nitrogen and oxygen atoms in total. The van der Waals surface area contributed by atoms with Gasteiger partial charge in [0.15, 0.2) is 0 Å². The molecule has 62 heavy (non-hydrogen) atoms. The number of hydrogen-bond acceptors (Lipinski definition) is 2. The van der Waals surface area contributed by atoms with Crippen LogP contribution in [0.25, 0.3) is 54.9 Å². The zero-order valence-electron chi connectivity index (χ0n) is 34.6. The van der Waals surface area contributed by atoms with E-state index in [0.717, 1.165) is 55.5 Å². The molecule has 1 heterocycles. The molecule has 10 aromatic rings. The number of rotatable bonds is 4. The SMILES string of the molecule is CC1(C)c2ccccc2-c2c(N(c3ccc(-c4ccccc4)cc3)c3ccc4c(c3)C3(c5ccccc5-4)c4ccc5ccccc5c4Oc4c3ccc3ccccc43)cccc21. The van der Waals surface area contributed by atoms with Gasteiger partial charge in [0.25, 0.3) is 0 Å². The van der Waals surface area contributed by atoms with Crippen LogP contribution in [0, 0.1) is 0 Å². The van der Waals surface area contributed by atoms with Crippen molar-refractivity contribution in [2.45, 2.75) is 24.7 Å². The average molecular weight is 792 g/mol. The van der Waals surface area contributed by atoms with Crippen LogP contribution in [0.3, 0.4) is 0 Å². The summed E-state index contributed by atoms with van der Waals surface area (Å²) in [7, 11) is 0. The molecule has 292 valence electrons. The van der Waals surface area contributed by atoms with E-state index in [1.54, 1.807) is 0 Å². The molecule has 0 saturated heterocycles. The van der Waals surface area contributed by atoms with Crippen molar-refractivity contribution in [1.82, 2.24) is 0 Å². The summed E-state index contributed by atoms with van der Waals surface area (Å²) < 4.78 is 7.28. The van der Waals surface area contributed by atoms with E-state index in [4.69, 9.17) is 4.74 Å². The number of fused-ring (bicyclic) bond motifs is 16. The molecule has 10 aromatic carbocycles. The molecule has 0 aromatic heterocycles. The fourth-order valence-corrected chi connectivity index (χ4v) is 11.3. The van der Waals surface area contributed by atoms with E-state index in [9.17, 15) is 0 Å². The molecule has 0 atom stereocenters. The highest BCUT2D eigenvalue weighted by Gasteiger charge is 2.52. The second-order valence-electron chi connectivity index (χ2n) is 17.6. The molecule has 0 unspecified atom stereocenters. The number of benzene rings is 10. The summed E-state index contributed by atoms with van der Waals surface area (Å²) in [6.07, 6.45) is 0. The van der Waals surface area contributed by atoms with E-state index in [-0.39, 0.29) is 5.41 Å². The molecule has 1 spiro atoms. The molecule has 0 amide bonds. The predicted molar refractivity (Wildman–Crippen MR) is 257 cm³/mol. The first-order valence-corrected chi connectivity index (χ1v) is 21.7. The maximum Gasteiger partial charge on any atom is 0.140 e. The van der Waals surface area contributed by atoms with Gasteiger partial charge in [0, 0.05) is 44.3 Å². The van der Waals surface area contributed by atoms with Crippen molar-refractivity contribution in [3.8, 4) is 44.9 Å². The third kappa shape index (κ3) is 4.69. The van der Waals surface area contributed by atoms with Gasteiger partial charge in [-0.15, -0.1) is 0 Å². The van der Waals surface area contributed by atoms with Crippen LogP contribution in [0.2, 0.25) is 0 Å². The Balaban J connectivity index is 1.12. The maximum absolute atomic E-state index is 7.28. The van der Waals surface area contributed by atoms with Gasteiger partial charge in [0.1, 0.15) is 11.5 Å². The predicted octanol–water partition coefficient (Wildman–Crippen LogP) is 15.9. The van der Waals surface area contributed by atoms with Crippen LogP contribution >= 0.6 is 0 Å². The highest BCUT2D eigenvalue weighted by molar-refractivity contribution is 6.01. The van der Waals surface area contributed by atoms with E-state index < -0.39 is 5.41 Å². The Kier molecular flexibility index (Phi) is 7.31. The standard InChI is InChI=1S/C60H41NO/c1-59(2)49-23-12-11-22-48(49)56-51(59)25-14-26-55(56)61(42-31-27-39(28-32-42)38-15-4-3-5-16-38)43-33-34-47-46-21-10-13-24-50(46)60(54(47)37-43)52-35-29-40-17-6-8-19-44(40)57(52)62-58-45-20-9-7-18-41(45)30-36-53(58)60/h3-37H,1-2H3. The van der Waals surface area contributed by atoms with Gasteiger partial charge < -0.3 is 9.64 Å². The maximum atomic E-state index is 7.28. The van der Waals surface area contributed by atoms with Gasteiger partial charge in [0.2, 0.25) is 0 Å². The fourth-order valence-electron chi connectivity index (χ4n) is 11.3. The van der Waals surface area contributed by atoms with Gasteiger partial charge >= 0.3 is 0 Å². The topological polar surface area (TPSA) is 12.5 Å². The Labute approximate surface area is 362 Å². The highest BCUT2D eigenvalue weighted by atomic mass is 16.5. The van der Waals surface area contributed by atoms with Gasteiger partial charge in [-0.3, -0.25) is 0 Å². The lowest BCUT2D eigenvalue weighted by Gasteiger charge is -2.40. The summed E-state index contributed by atoms with van der Waals surface area (Å²) in [6, 6.07) is 78.4. The number of nitrogens with zero attached hydrogens (tertiary/aromatic N) is 1. The Bertz CT molecular complexity index is 3380. The summed E-state index contributed by atoms with van der Waals surface area (Å²) in [5.41, 5.74) is 17.6. The lowest BCUT2D eigenvalue weighted by atomic mass is 9.65. The fraction of sp³-hybridized carbons (Fsp3) is 0.0667. The van der Waals surface area contributed by atoms with Crippen molar-refractivity contribution in [2.24, 2.45) is 0 Å². The van der Waals surface area contributed by atoms with Crippen molar-refractivity contribution in [3.63, 3.8) is 0 Å². The van der Waals surface area contributed by atoms with Crippen LogP contribution in [0.5, 0.6) is 11.5 Å². The Morgan fingerprint density at radius 3 is 1.63 bits per heavy atom. The second-order valence-corrected chi connectivity index (χ2v) is 17.6. The molecule has 2 heteroatoms. The molecule has 3 aliphatic rings. The molecule has 0 N–H and O–H groups in total. The lowest BCUT2D eigenvalue weighted by molar-refractivity contribution is 0.447. The molecule has 0 radical (unpaired) electrons. The van der Waals surface area contributed by atoms with Crippen LogP contribution < -0.4 is 9.64 Å². The first kappa shape index (κ1) is 35.1. The minimum atomic E-state index is -0.658. The Hall–Kier alpha value is -7.68. The quantitative estimate of drug-likeness (QED) is 0.176. The highest BCUT2D eigenvalue weighted by Crippen LogP contribution is 2.65. The molecule has 13 rings (SSSR count). The third-order valence-electron chi connectivity index (χ3n) is 14.1. The molecule has 0 bridgehead atoms. The minimum Gasteiger partial charge on any atom is -0.455 e. The van der Waals surface area contributed by atoms with Crippen molar-refractivity contribution in [1.29, 1.82) is 0 Å². The lowest BCUT2D eigenvalue weighted by Crippen LogP contribution is -2.32. The zero-order chi connectivity index (χ0) is 41.2. The zero-order valence-corrected chi connectivity index (χ0v) is 34.6. The van der Waals surface area contributed by atoms with Gasteiger partial charge in [-0.25, -0.2) is 0 Å². The van der Waals surface area contributed by atoms with Gasteiger partial charge in [-0.05, 0) is 91.2 Å². The van der Waals surface area contributed by atoms with Gasteiger partial charge in [-0.2, -0.15) is 0 Å². The van der Waals surface area contributed by atoms with Crippen molar-refractivity contribution >= 4 is 38.6 Å². The van der Waals surface area contributed by atoms with Crippen molar-refractivity contribution in [3.05, 3.63) is 246 Å². The molecular formula is C60H41NO. The monoisotopic (exact) mass is 791 g/mol. The van der Waals surface area contributed by atoms with Crippen LogP contribution in [-0.4, -0.2) is 0 Å². The van der Waals surface area contributed by atoms with E-state index in [0.29, 0.717) is 0 Å². The summed E-state index contributed by atoms with van der Waals surface area (Å²) in [5.74, 6) is 1.85. The minimum absolute atomic E-state index is 0.143. The van der Waals surface area contributed by atoms with Crippen molar-refractivity contribution in [2.75, 3.05) is 4.90 Å². The summed E-state index contributed by atoms with van der Waals surface area (Å²) in [6.45, 7) is 4.73. The van der Waals surface area contributed by atoms with Crippen LogP contribution in [0.1, 0.15) is 47.2 Å².